The number of aromatic amines is 1. The van der Waals surface area contributed by atoms with Crippen LogP contribution in [0.2, 0.25) is 0 Å². The first-order valence-corrected chi connectivity index (χ1v) is 51.5. The molecule has 18 atom stereocenters. The number of piperidine rings is 2. The van der Waals surface area contributed by atoms with Crippen molar-refractivity contribution in [3.63, 3.8) is 0 Å². The van der Waals surface area contributed by atoms with E-state index in [1.165, 1.54) is 65.2 Å². The predicted octanol–water partition coefficient (Wildman–Crippen LogP) is -4.11. The van der Waals surface area contributed by atoms with Gasteiger partial charge in [-0.3, -0.25) is 95.9 Å². The topological polar surface area (TPSA) is 707 Å². The van der Waals surface area contributed by atoms with Crippen LogP contribution >= 0.6 is 11.8 Å². The summed E-state index contributed by atoms with van der Waals surface area (Å²) >= 11 is 1.61. The Morgan fingerprint density at radius 1 is 0.434 bits per heavy atom. The normalized spacial score (nSPS) is 19.5. The van der Waals surface area contributed by atoms with E-state index < -0.39 is 220 Å². The zero-order chi connectivity index (χ0) is 106. The second kappa shape index (κ2) is 58.3. The van der Waals surface area contributed by atoms with Crippen molar-refractivity contribution in [2.45, 2.75) is 338 Å². The summed E-state index contributed by atoms with van der Waals surface area (Å²) in [4.78, 5) is 285. The molecule has 0 aliphatic carbocycles. The molecule has 1 unspecified atom stereocenters. The molecule has 46 nitrogen and oxygen atoms in total. The number of fused-ring (bicyclic) bond motifs is 4. The molecule has 1 aromatic carbocycles. The number of nitrogens with one attached hydrogen (secondary N) is 16. The number of aromatic nitrogens is 1. The number of carbonyl (C=O) groups is 20. The van der Waals surface area contributed by atoms with Gasteiger partial charge >= 0.3 is 0 Å². The number of primary amides is 1. The maximum Gasteiger partial charge on any atom is 0.246 e. The molecule has 0 spiro atoms. The Labute approximate surface area is 840 Å². The molecule has 5 fully saturated rings. The number of hydrogen-bond donors (Lipinski definition) is 22. The Morgan fingerprint density at radius 2 is 0.804 bits per heavy atom. The zero-order valence-electron chi connectivity index (χ0n) is 84.7. The number of nitrogens with zero attached hydrogens (tertiary/aromatic N) is 4. The molecular formula is C96H158N26O20S. The third-order valence-electron chi connectivity index (χ3n) is 26.6. The first kappa shape index (κ1) is 118. The molecule has 20 amide bonds. The van der Waals surface area contributed by atoms with Crippen LogP contribution in [0.4, 0.5) is 0 Å². The van der Waals surface area contributed by atoms with Crippen molar-refractivity contribution < 1.29 is 95.9 Å². The molecule has 0 saturated carbocycles. The summed E-state index contributed by atoms with van der Waals surface area (Å²) < 4.78 is 0. The molecule has 5 aliphatic rings. The number of H-pyrrole nitrogens is 1. The number of carbonyl (C=O) groups excluding carboxylic acids is 20. The van der Waals surface area contributed by atoms with Crippen LogP contribution in [0.5, 0.6) is 0 Å². The van der Waals surface area contributed by atoms with Crippen molar-refractivity contribution in [3.05, 3.63) is 36.0 Å². The van der Waals surface area contributed by atoms with Gasteiger partial charge in [-0.05, 0) is 246 Å². The van der Waals surface area contributed by atoms with Crippen molar-refractivity contribution >= 4 is 141 Å². The van der Waals surface area contributed by atoms with Gasteiger partial charge in [0.05, 0.1) is 6.54 Å². The van der Waals surface area contributed by atoms with E-state index in [4.69, 9.17) is 34.4 Å². The lowest BCUT2D eigenvalue weighted by atomic mass is 9.86. The first-order chi connectivity index (χ1) is 67.8. The van der Waals surface area contributed by atoms with E-state index in [2.05, 4.69) is 84.7 Å². The number of rotatable bonds is 56. The lowest BCUT2D eigenvalue weighted by Crippen LogP contribution is -2.59. The summed E-state index contributed by atoms with van der Waals surface area (Å²) in [5.74, 6) is -13.2. The number of benzene rings is 1. The van der Waals surface area contributed by atoms with Crippen molar-refractivity contribution in [3.8, 4) is 0 Å². The van der Waals surface area contributed by atoms with Crippen LogP contribution in [0.25, 0.3) is 10.9 Å². The summed E-state index contributed by atoms with van der Waals surface area (Å²) in [5.41, 5.74) is 36.1. The summed E-state index contributed by atoms with van der Waals surface area (Å²) in [6.07, 6.45) is 9.27. The van der Waals surface area contributed by atoms with Crippen molar-refractivity contribution in [2.75, 3.05) is 77.7 Å². The van der Waals surface area contributed by atoms with Gasteiger partial charge < -0.3 is 139 Å². The monoisotopic (exact) mass is 2030 g/mol. The van der Waals surface area contributed by atoms with E-state index in [0.29, 0.717) is 122 Å². The number of likely N-dealkylation sites (tertiary alicyclic amines) is 3. The maximum atomic E-state index is 14.6. The van der Waals surface area contributed by atoms with Crippen LogP contribution in [0.1, 0.15) is 229 Å². The fourth-order valence-corrected chi connectivity index (χ4v) is 19.5. The average Bonchev–Trinajstić information content (AvgIpc) is 1.61. The van der Waals surface area contributed by atoms with Crippen LogP contribution in [0.3, 0.4) is 0 Å². The number of unbranched alkanes of at least 4 members (excludes halogenated alkanes) is 5. The second-order valence-electron chi connectivity index (χ2n) is 39.5. The van der Waals surface area contributed by atoms with Crippen LogP contribution in [0, 0.1) is 17.3 Å². The minimum Gasteiger partial charge on any atom is -0.368 e. The molecule has 2 bridgehead atoms. The molecule has 143 heavy (non-hydrogen) atoms. The minimum atomic E-state index is -1.31. The Hall–Kier alpha value is -11.7. The third-order valence-corrected chi connectivity index (χ3v) is 28.0. The lowest BCUT2D eigenvalue weighted by Gasteiger charge is -2.38. The highest BCUT2D eigenvalue weighted by Crippen LogP contribution is 2.39. The average molecular weight is 2030 g/mol. The van der Waals surface area contributed by atoms with E-state index in [0.717, 1.165) is 16.5 Å². The number of hydrogen-bond acceptors (Lipinski definition) is 26. The summed E-state index contributed by atoms with van der Waals surface area (Å²) in [5, 5.41) is 40.6. The van der Waals surface area contributed by atoms with Gasteiger partial charge in [0.15, 0.2) is 0 Å². The maximum absolute atomic E-state index is 14.6. The molecular weight excluding hydrogens is 1870 g/mol. The highest BCUT2D eigenvalue weighted by atomic mass is 32.2. The van der Waals surface area contributed by atoms with Crippen molar-refractivity contribution in [1.82, 2.24) is 104 Å². The summed E-state index contributed by atoms with van der Waals surface area (Å²) in [6, 6.07) is -11.7. The van der Waals surface area contributed by atoms with Gasteiger partial charge in [0, 0.05) is 92.0 Å². The molecule has 47 heteroatoms. The molecule has 5 aliphatic heterocycles. The molecule has 6 heterocycles. The highest BCUT2D eigenvalue weighted by molar-refractivity contribution is 8.00. The quantitative estimate of drug-likeness (QED) is 0.0280. The van der Waals surface area contributed by atoms with Gasteiger partial charge in [-0.15, -0.1) is 0 Å². The number of nitrogens with two attached hydrogens (primary N) is 6. The smallest absolute Gasteiger partial charge is 0.246 e. The SMILES string of the molecule is CC(=O)NCC(=O)N1C[C@H]2C[C@@H]1C(=O)N1C(CC[C@H]1C(=O)N[C@@H](C)C(=O)N[C@@H](C)C(=O)N[C@@H](C)C(=O)N[C@@H](C)C(=O)N[C@@H](CCCCN)C(=O)N[C@@H](C)C(=O)N[C@@H](C)C(=O)N[C@@H](C)C(=O)N[C@@H](CC(C)(C)C)C(=O)N1CCC(C(=O)N3CCC(C(=O)N[C@@H](CCCCN)C(=O)N[C@@H](CCCCN)C(=O)N[C@@H](CCCCN)C(=O)N[C@@H](CCCCN)C(=O)N[C@@H](Cc4c[nH]c5ccccc45)C(N)=O)CC3)CC1)CS2. The highest BCUT2D eigenvalue weighted by Gasteiger charge is 2.51. The second-order valence-corrected chi connectivity index (χ2v) is 40.9. The number of amides is 20. The van der Waals surface area contributed by atoms with Crippen LogP contribution in [-0.4, -0.2) is 328 Å². The number of thioether (sulfide) groups is 1. The molecule has 1 aromatic heterocycles. The lowest BCUT2D eigenvalue weighted by molar-refractivity contribution is -0.148. The van der Waals surface area contributed by atoms with Gasteiger partial charge in [0.2, 0.25) is 118 Å². The molecule has 5 saturated heterocycles. The van der Waals surface area contributed by atoms with Gasteiger partial charge in [-0.25, -0.2) is 0 Å². The molecule has 28 N–H and O–H groups in total. The fraction of sp³-hybridized carbons (Fsp3) is 0.708. The minimum absolute atomic E-state index is 0.00420. The van der Waals surface area contributed by atoms with Gasteiger partial charge in [-0.2, -0.15) is 11.8 Å². The van der Waals surface area contributed by atoms with Crippen molar-refractivity contribution in [1.29, 1.82) is 0 Å². The molecule has 798 valence electrons. The van der Waals surface area contributed by atoms with Gasteiger partial charge in [0.1, 0.15) is 96.7 Å². The van der Waals surface area contributed by atoms with E-state index in [9.17, 15) is 95.9 Å². The Kier molecular flexibility index (Phi) is 48.2. The molecule has 2 aromatic rings. The Morgan fingerprint density at radius 3 is 1.22 bits per heavy atom. The van der Waals surface area contributed by atoms with E-state index >= 15 is 0 Å². The summed E-state index contributed by atoms with van der Waals surface area (Å²) in [6.45, 7) is 18.7. The Balaban J connectivity index is 0.844. The first-order valence-electron chi connectivity index (χ1n) is 50.5. The number of para-hydroxylation sites is 1. The standard InChI is InChI=1S/C96H158N26O20S/c1-53(107-83(130)57(5)111-92(139)75-32-31-64-52-143-65-47-76(95(142)122(64)75)121(51-65)77(124)50-103-60(8)123)79(126)105-54(2)80(127)108-58(6)84(131)112-68(26-14-19-37-97)87(134)110-56(4)82(129)106-55(3)81(128)109-59(7)85(132)118-74(48-96(9,10)11)94(141)120-44-35-62(36-45-120)93(140)119-42-33-61(34-43-119)86(133)113-69(27-15-20-38-98)88(135)114-70(28-16-21-39-99)89(136)115-71(29-17-22-40-100)90(137)116-72(30-18-23-41-101)91(138)117-73(78(102)125)46-63-49-104-67-25-13-12-24-66(63)67/h12-13,24-25,49,53-59,61-62,64-65,68-76,104H,14-23,26-48,50-52,97-101H2,1-11H3,(H2,102,125)(H,103,123)(H,105,126)(H,106,129)(H,107,130)(H,108,127)(H,109,128)(H,110,134)(H,111,139)(H,112,131)(H,113,133)(H,114,135)(H,115,136)(H,116,137)(H,117,138)(H,118,132)/t53-,54-,55-,56-,57-,58-,59-,64?,65+,68-,69-,70-,71-,72-,73-,74-,75-,76+/m0/s1. The van der Waals surface area contributed by atoms with Gasteiger partial charge in [0.25, 0.3) is 0 Å². The summed E-state index contributed by atoms with van der Waals surface area (Å²) in [7, 11) is 0. The third kappa shape index (κ3) is 36.8. The van der Waals surface area contributed by atoms with Crippen LogP contribution in [-0.2, 0) is 102 Å². The Bertz CT molecular complexity index is 4710. The van der Waals surface area contributed by atoms with E-state index in [1.807, 2.05) is 45.0 Å². The van der Waals surface area contributed by atoms with E-state index in [1.54, 1.807) is 27.8 Å². The fourth-order valence-electron chi connectivity index (χ4n) is 18.1. The van der Waals surface area contributed by atoms with Crippen molar-refractivity contribution in [2.24, 2.45) is 51.7 Å². The van der Waals surface area contributed by atoms with Crippen LogP contribution in [0.15, 0.2) is 30.5 Å². The van der Waals surface area contributed by atoms with Crippen LogP contribution < -0.4 is 114 Å². The van der Waals surface area contributed by atoms with E-state index in [-0.39, 0.29) is 133 Å². The van der Waals surface area contributed by atoms with Gasteiger partial charge in [-0.1, -0.05) is 39.0 Å². The molecule has 7 rings (SSSR count). The largest absolute Gasteiger partial charge is 0.368 e. The molecule has 0 radical (unpaired) electrons. The predicted molar refractivity (Wildman–Crippen MR) is 534 cm³/mol. The zero-order valence-corrected chi connectivity index (χ0v) is 85.5.